The van der Waals surface area contributed by atoms with Gasteiger partial charge in [-0.05, 0) is 18.9 Å². The molecular weight excluding hydrogens is 264 g/mol. The zero-order valence-corrected chi connectivity index (χ0v) is 12.9. The zero-order valence-electron chi connectivity index (χ0n) is 12.1. The Kier molecular flexibility index (Phi) is 5.96. The first-order valence-electron chi connectivity index (χ1n) is 6.58. The van der Waals surface area contributed by atoms with Gasteiger partial charge in [-0.2, -0.15) is 9.40 Å². The van der Waals surface area contributed by atoms with Crippen LogP contribution >= 0.6 is 0 Å². The standard InChI is InChI=1S/C12H24N4O2S/c1-5-6-13-7-11-8-14-15-12(11)19(17,18)16(4)9-10(2)3/h8,10,13H,5-7,9H2,1-4H3,(H,14,15). The van der Waals surface area contributed by atoms with Crippen molar-refractivity contribution in [2.24, 2.45) is 5.92 Å². The van der Waals surface area contributed by atoms with E-state index in [0.29, 0.717) is 18.7 Å². The van der Waals surface area contributed by atoms with Crippen molar-refractivity contribution in [3.05, 3.63) is 11.8 Å². The molecule has 110 valence electrons. The fourth-order valence-electron chi connectivity index (χ4n) is 1.82. The minimum Gasteiger partial charge on any atom is -0.313 e. The summed E-state index contributed by atoms with van der Waals surface area (Å²) in [5, 5.41) is 9.85. The topological polar surface area (TPSA) is 78.1 Å². The van der Waals surface area contributed by atoms with Gasteiger partial charge in [-0.1, -0.05) is 20.8 Å². The first-order valence-corrected chi connectivity index (χ1v) is 8.02. The molecule has 0 saturated carbocycles. The van der Waals surface area contributed by atoms with Crippen molar-refractivity contribution >= 4 is 10.0 Å². The molecule has 0 bridgehead atoms. The van der Waals surface area contributed by atoms with Gasteiger partial charge in [0.25, 0.3) is 10.0 Å². The highest BCUT2D eigenvalue weighted by Crippen LogP contribution is 2.17. The SMILES string of the molecule is CCCNCc1cn[nH]c1S(=O)(=O)N(C)CC(C)C. The molecule has 0 radical (unpaired) electrons. The van der Waals surface area contributed by atoms with Crippen molar-refractivity contribution in [2.75, 3.05) is 20.1 Å². The van der Waals surface area contributed by atoms with Crippen LogP contribution in [0.1, 0.15) is 32.8 Å². The molecule has 1 aromatic rings. The van der Waals surface area contributed by atoms with Gasteiger partial charge in [-0.15, -0.1) is 0 Å². The van der Waals surface area contributed by atoms with Gasteiger partial charge in [0.05, 0.1) is 6.20 Å². The highest BCUT2D eigenvalue weighted by atomic mass is 32.2. The Morgan fingerprint density at radius 1 is 1.47 bits per heavy atom. The maximum atomic E-state index is 12.4. The Morgan fingerprint density at radius 3 is 2.74 bits per heavy atom. The number of aromatic nitrogens is 2. The third-order valence-electron chi connectivity index (χ3n) is 2.71. The second-order valence-electron chi connectivity index (χ2n) is 5.08. The predicted molar refractivity (Wildman–Crippen MR) is 75.2 cm³/mol. The van der Waals surface area contributed by atoms with E-state index in [9.17, 15) is 8.42 Å². The van der Waals surface area contributed by atoms with E-state index in [0.717, 1.165) is 13.0 Å². The van der Waals surface area contributed by atoms with Crippen LogP contribution in [0.15, 0.2) is 11.2 Å². The van der Waals surface area contributed by atoms with Gasteiger partial charge < -0.3 is 5.32 Å². The van der Waals surface area contributed by atoms with E-state index in [1.54, 1.807) is 13.2 Å². The summed E-state index contributed by atoms with van der Waals surface area (Å²) in [5.74, 6) is 0.282. The van der Waals surface area contributed by atoms with Crippen molar-refractivity contribution in [3.63, 3.8) is 0 Å². The summed E-state index contributed by atoms with van der Waals surface area (Å²) in [6.45, 7) is 7.89. The van der Waals surface area contributed by atoms with Crippen LogP contribution in [0.5, 0.6) is 0 Å². The average molecular weight is 288 g/mol. The van der Waals surface area contributed by atoms with Gasteiger partial charge in [0.2, 0.25) is 0 Å². The minimum atomic E-state index is -3.48. The van der Waals surface area contributed by atoms with E-state index in [2.05, 4.69) is 22.4 Å². The molecule has 0 atom stereocenters. The number of hydrogen-bond donors (Lipinski definition) is 2. The Labute approximate surface area is 115 Å². The highest BCUT2D eigenvalue weighted by Gasteiger charge is 2.26. The van der Waals surface area contributed by atoms with Crippen LogP contribution in [0.25, 0.3) is 0 Å². The molecule has 0 amide bonds. The lowest BCUT2D eigenvalue weighted by Crippen LogP contribution is -2.31. The van der Waals surface area contributed by atoms with Crippen LogP contribution in [-0.2, 0) is 16.6 Å². The van der Waals surface area contributed by atoms with E-state index >= 15 is 0 Å². The summed E-state index contributed by atoms with van der Waals surface area (Å²) in [7, 11) is -1.89. The average Bonchev–Trinajstić information content (AvgIpc) is 2.77. The van der Waals surface area contributed by atoms with E-state index in [-0.39, 0.29) is 10.9 Å². The monoisotopic (exact) mass is 288 g/mol. The van der Waals surface area contributed by atoms with Gasteiger partial charge in [-0.3, -0.25) is 5.10 Å². The molecule has 6 nitrogen and oxygen atoms in total. The van der Waals surface area contributed by atoms with Crippen LogP contribution in [-0.4, -0.2) is 43.1 Å². The number of rotatable bonds is 8. The minimum absolute atomic E-state index is 0.194. The lowest BCUT2D eigenvalue weighted by atomic mass is 10.2. The van der Waals surface area contributed by atoms with Crippen molar-refractivity contribution in [3.8, 4) is 0 Å². The molecule has 7 heteroatoms. The molecular formula is C12H24N4O2S. The van der Waals surface area contributed by atoms with Crippen molar-refractivity contribution in [2.45, 2.75) is 38.8 Å². The summed E-state index contributed by atoms with van der Waals surface area (Å²) < 4.78 is 26.2. The van der Waals surface area contributed by atoms with Gasteiger partial charge in [0, 0.05) is 25.7 Å². The van der Waals surface area contributed by atoms with Gasteiger partial charge >= 0.3 is 0 Å². The normalized spacial score (nSPS) is 12.5. The van der Waals surface area contributed by atoms with Gasteiger partial charge in [-0.25, -0.2) is 8.42 Å². The predicted octanol–water partition coefficient (Wildman–Crippen LogP) is 1.19. The van der Waals surface area contributed by atoms with Crippen LogP contribution < -0.4 is 5.32 Å². The Balaban J connectivity index is 2.86. The zero-order chi connectivity index (χ0) is 14.5. The van der Waals surface area contributed by atoms with Gasteiger partial charge in [0.15, 0.2) is 5.03 Å². The first kappa shape index (κ1) is 16.1. The highest BCUT2D eigenvalue weighted by molar-refractivity contribution is 7.89. The molecule has 0 saturated heterocycles. The number of sulfonamides is 1. The number of hydrogen-bond acceptors (Lipinski definition) is 4. The van der Waals surface area contributed by atoms with Crippen LogP contribution in [0, 0.1) is 5.92 Å². The van der Waals surface area contributed by atoms with Crippen molar-refractivity contribution < 1.29 is 8.42 Å². The maximum absolute atomic E-state index is 12.4. The molecule has 0 unspecified atom stereocenters. The number of nitrogens with zero attached hydrogens (tertiary/aromatic N) is 2. The third kappa shape index (κ3) is 4.29. The summed E-state index contributed by atoms with van der Waals surface area (Å²) in [4.78, 5) is 0. The summed E-state index contributed by atoms with van der Waals surface area (Å²) in [5.41, 5.74) is 0.684. The quantitative estimate of drug-likeness (QED) is 0.704. The fraction of sp³-hybridized carbons (Fsp3) is 0.750. The molecule has 0 aliphatic carbocycles. The molecule has 0 aromatic carbocycles. The number of H-pyrrole nitrogens is 1. The van der Waals surface area contributed by atoms with E-state index in [1.807, 2.05) is 13.8 Å². The molecule has 0 aliphatic heterocycles. The lowest BCUT2D eigenvalue weighted by molar-refractivity contribution is 0.414. The largest absolute Gasteiger partial charge is 0.313 e. The molecule has 0 aliphatic rings. The summed E-state index contributed by atoms with van der Waals surface area (Å²) >= 11 is 0. The van der Waals surface area contributed by atoms with Gasteiger partial charge in [0.1, 0.15) is 0 Å². The van der Waals surface area contributed by atoms with E-state index < -0.39 is 10.0 Å². The Hall–Kier alpha value is -0.920. The Bertz CT molecular complexity index is 482. The van der Waals surface area contributed by atoms with Crippen molar-refractivity contribution in [1.82, 2.24) is 19.8 Å². The molecule has 1 aromatic heterocycles. The molecule has 1 rings (SSSR count). The maximum Gasteiger partial charge on any atom is 0.260 e. The number of nitrogens with one attached hydrogen (secondary N) is 2. The molecule has 2 N–H and O–H groups in total. The Morgan fingerprint density at radius 2 is 2.16 bits per heavy atom. The first-order chi connectivity index (χ1) is 8.89. The molecule has 19 heavy (non-hydrogen) atoms. The van der Waals surface area contributed by atoms with Crippen LogP contribution in [0.3, 0.4) is 0 Å². The smallest absolute Gasteiger partial charge is 0.260 e. The molecule has 0 spiro atoms. The number of aromatic amines is 1. The second-order valence-corrected chi connectivity index (χ2v) is 7.06. The van der Waals surface area contributed by atoms with Crippen molar-refractivity contribution in [1.29, 1.82) is 0 Å². The van der Waals surface area contributed by atoms with E-state index in [1.165, 1.54) is 4.31 Å². The third-order valence-corrected chi connectivity index (χ3v) is 4.55. The van der Waals surface area contributed by atoms with Crippen LogP contribution in [0.2, 0.25) is 0 Å². The van der Waals surface area contributed by atoms with Crippen LogP contribution in [0.4, 0.5) is 0 Å². The lowest BCUT2D eigenvalue weighted by Gasteiger charge is -2.18. The summed E-state index contributed by atoms with van der Waals surface area (Å²) in [6, 6.07) is 0. The summed E-state index contributed by atoms with van der Waals surface area (Å²) in [6.07, 6.45) is 2.58. The second kappa shape index (κ2) is 7.02. The fourth-order valence-corrected chi connectivity index (χ4v) is 3.25. The molecule has 1 heterocycles. The molecule has 0 fully saturated rings. The van der Waals surface area contributed by atoms with E-state index in [4.69, 9.17) is 0 Å².